The number of furan rings is 1. The van der Waals surface area contributed by atoms with E-state index in [4.69, 9.17) is 14.6 Å². The molecule has 0 aliphatic heterocycles. The van der Waals surface area contributed by atoms with Crippen molar-refractivity contribution in [3.63, 3.8) is 0 Å². The van der Waals surface area contributed by atoms with E-state index in [1.807, 2.05) is 32.9 Å². The van der Waals surface area contributed by atoms with Crippen molar-refractivity contribution in [2.45, 2.75) is 20.8 Å². The Labute approximate surface area is 123 Å². The van der Waals surface area contributed by atoms with Gasteiger partial charge in [0.2, 0.25) is 0 Å². The van der Waals surface area contributed by atoms with Gasteiger partial charge in [-0.05, 0) is 31.9 Å². The van der Waals surface area contributed by atoms with Gasteiger partial charge in [0.25, 0.3) is 5.91 Å². The molecule has 0 saturated heterocycles. The van der Waals surface area contributed by atoms with Crippen LogP contribution in [-0.2, 0) is 0 Å². The lowest BCUT2D eigenvalue weighted by atomic mass is 10.0. The molecule has 5 nitrogen and oxygen atoms in total. The summed E-state index contributed by atoms with van der Waals surface area (Å²) < 4.78 is 5.79. The van der Waals surface area contributed by atoms with Crippen LogP contribution < -0.4 is 0 Å². The highest BCUT2D eigenvalue weighted by atomic mass is 16.3. The second kappa shape index (κ2) is 6.28. The first-order chi connectivity index (χ1) is 10.0. The minimum Gasteiger partial charge on any atom is -0.450 e. The molecular weight excluding hydrogens is 270 g/mol. The molecule has 1 heterocycles. The molecule has 0 aliphatic carbocycles. The van der Waals surface area contributed by atoms with Crippen LogP contribution in [0.2, 0.25) is 0 Å². The number of benzene rings is 1. The minimum atomic E-state index is -0.300. The zero-order valence-corrected chi connectivity index (χ0v) is 12.6. The molecule has 2 rings (SSSR count). The molecule has 5 heteroatoms. The number of aliphatic hydroxyl groups is 2. The summed E-state index contributed by atoms with van der Waals surface area (Å²) in [6.07, 6.45) is 0. The summed E-state index contributed by atoms with van der Waals surface area (Å²) in [5.74, 6) is -0.0186. The molecule has 0 fully saturated rings. The van der Waals surface area contributed by atoms with E-state index in [9.17, 15) is 4.79 Å². The van der Waals surface area contributed by atoms with Crippen molar-refractivity contribution in [1.29, 1.82) is 0 Å². The van der Waals surface area contributed by atoms with Crippen molar-refractivity contribution in [3.8, 4) is 0 Å². The van der Waals surface area contributed by atoms with Gasteiger partial charge in [-0.2, -0.15) is 0 Å². The Hall–Kier alpha value is -1.85. The summed E-state index contributed by atoms with van der Waals surface area (Å²) in [5, 5.41) is 19.1. The topological polar surface area (TPSA) is 73.9 Å². The number of carbonyl (C=O) groups is 1. The zero-order chi connectivity index (χ0) is 15.6. The number of carbonyl (C=O) groups excluding carboxylic acids is 1. The van der Waals surface area contributed by atoms with Crippen molar-refractivity contribution < 1.29 is 19.4 Å². The number of hydrogen-bond donors (Lipinski definition) is 2. The number of rotatable bonds is 5. The van der Waals surface area contributed by atoms with Gasteiger partial charge in [0.15, 0.2) is 5.76 Å². The predicted octanol–water partition coefficient (Wildman–Crippen LogP) is 1.78. The summed E-state index contributed by atoms with van der Waals surface area (Å²) >= 11 is 0. The lowest BCUT2D eigenvalue weighted by molar-refractivity contribution is 0.0655. The van der Waals surface area contributed by atoms with Gasteiger partial charge in [-0.15, -0.1) is 0 Å². The van der Waals surface area contributed by atoms with E-state index < -0.39 is 0 Å². The predicted molar refractivity (Wildman–Crippen MR) is 80.5 cm³/mol. The van der Waals surface area contributed by atoms with Crippen molar-refractivity contribution in [1.82, 2.24) is 4.90 Å². The van der Waals surface area contributed by atoms with Crippen molar-refractivity contribution in [2.24, 2.45) is 0 Å². The number of fused-ring (bicyclic) bond motifs is 1. The van der Waals surface area contributed by atoms with Gasteiger partial charge in [-0.25, -0.2) is 0 Å². The molecule has 0 saturated carbocycles. The molecule has 0 radical (unpaired) electrons. The van der Waals surface area contributed by atoms with Gasteiger partial charge in [0, 0.05) is 24.0 Å². The van der Waals surface area contributed by atoms with Crippen LogP contribution in [0.1, 0.15) is 27.2 Å². The van der Waals surface area contributed by atoms with E-state index in [-0.39, 0.29) is 38.0 Å². The molecule has 2 N–H and O–H groups in total. The minimum absolute atomic E-state index is 0.150. The fourth-order valence-corrected chi connectivity index (χ4v) is 2.58. The van der Waals surface area contributed by atoms with Crippen LogP contribution in [0.4, 0.5) is 0 Å². The van der Waals surface area contributed by atoms with Crippen LogP contribution in [-0.4, -0.2) is 47.3 Å². The zero-order valence-electron chi connectivity index (χ0n) is 12.6. The van der Waals surface area contributed by atoms with Crippen molar-refractivity contribution in [2.75, 3.05) is 26.3 Å². The maximum Gasteiger partial charge on any atom is 0.290 e. The Balaban J connectivity index is 2.51. The number of amides is 1. The van der Waals surface area contributed by atoms with Gasteiger partial charge in [0.1, 0.15) is 5.58 Å². The molecule has 1 amide bonds. The third-order valence-electron chi connectivity index (χ3n) is 3.70. The Morgan fingerprint density at radius 2 is 1.67 bits per heavy atom. The standard InChI is InChI=1S/C16H21NO4/c1-10-4-5-11(2)14-13(10)12(3)15(21-14)16(20)17(6-8-18)7-9-19/h4-5,18-19H,6-9H2,1-3H3. The summed E-state index contributed by atoms with van der Waals surface area (Å²) in [6, 6.07) is 3.97. The van der Waals surface area contributed by atoms with E-state index in [0.717, 1.165) is 27.7 Å². The molecule has 0 unspecified atom stereocenters. The molecule has 114 valence electrons. The molecule has 0 aliphatic rings. The monoisotopic (exact) mass is 291 g/mol. The molecule has 1 aromatic carbocycles. The quantitative estimate of drug-likeness (QED) is 0.880. The molecule has 2 aromatic rings. The first kappa shape index (κ1) is 15.5. The second-order valence-corrected chi connectivity index (χ2v) is 5.20. The first-order valence-electron chi connectivity index (χ1n) is 7.01. The molecule has 1 aromatic heterocycles. The number of aryl methyl sites for hydroxylation is 3. The molecule has 21 heavy (non-hydrogen) atoms. The van der Waals surface area contributed by atoms with E-state index >= 15 is 0 Å². The Morgan fingerprint density at radius 1 is 1.10 bits per heavy atom. The lowest BCUT2D eigenvalue weighted by Crippen LogP contribution is -2.36. The van der Waals surface area contributed by atoms with Crippen molar-refractivity contribution in [3.05, 3.63) is 34.6 Å². The van der Waals surface area contributed by atoms with Gasteiger partial charge in [0.05, 0.1) is 13.2 Å². The lowest BCUT2D eigenvalue weighted by Gasteiger charge is -2.19. The highest BCUT2D eigenvalue weighted by Crippen LogP contribution is 2.31. The average Bonchev–Trinajstić information content (AvgIpc) is 2.81. The van der Waals surface area contributed by atoms with Crippen LogP contribution in [0.3, 0.4) is 0 Å². The summed E-state index contributed by atoms with van der Waals surface area (Å²) in [7, 11) is 0. The maximum atomic E-state index is 12.5. The van der Waals surface area contributed by atoms with Crippen LogP contribution in [0.25, 0.3) is 11.0 Å². The van der Waals surface area contributed by atoms with E-state index in [0.29, 0.717) is 0 Å². The number of nitrogens with zero attached hydrogens (tertiary/aromatic N) is 1. The fourth-order valence-electron chi connectivity index (χ4n) is 2.58. The third kappa shape index (κ3) is 2.80. The Bertz CT molecular complexity index is 654. The Kier molecular flexibility index (Phi) is 4.65. The average molecular weight is 291 g/mol. The molecule has 0 bridgehead atoms. The molecule has 0 atom stereocenters. The summed E-state index contributed by atoms with van der Waals surface area (Å²) in [6.45, 7) is 5.84. The normalized spacial score (nSPS) is 11.1. The van der Waals surface area contributed by atoms with Gasteiger partial charge in [-0.3, -0.25) is 4.79 Å². The van der Waals surface area contributed by atoms with Gasteiger partial charge >= 0.3 is 0 Å². The Morgan fingerprint density at radius 3 is 2.19 bits per heavy atom. The highest BCUT2D eigenvalue weighted by molar-refractivity contribution is 6.00. The van der Waals surface area contributed by atoms with Gasteiger partial charge < -0.3 is 19.5 Å². The summed E-state index contributed by atoms with van der Waals surface area (Å²) in [5.41, 5.74) is 3.57. The number of hydrogen-bond acceptors (Lipinski definition) is 4. The molecular formula is C16H21NO4. The van der Waals surface area contributed by atoms with E-state index in [2.05, 4.69) is 0 Å². The third-order valence-corrected chi connectivity index (χ3v) is 3.70. The van der Waals surface area contributed by atoms with Gasteiger partial charge in [-0.1, -0.05) is 12.1 Å². The fraction of sp³-hybridized carbons (Fsp3) is 0.438. The van der Waals surface area contributed by atoms with Crippen LogP contribution in [0.5, 0.6) is 0 Å². The van der Waals surface area contributed by atoms with Crippen LogP contribution in [0.15, 0.2) is 16.5 Å². The highest BCUT2D eigenvalue weighted by Gasteiger charge is 2.24. The first-order valence-corrected chi connectivity index (χ1v) is 7.01. The van der Waals surface area contributed by atoms with E-state index in [1.54, 1.807) is 0 Å². The largest absolute Gasteiger partial charge is 0.450 e. The van der Waals surface area contributed by atoms with Crippen LogP contribution in [0, 0.1) is 20.8 Å². The SMILES string of the molecule is Cc1ccc(C)c2c(C)c(C(=O)N(CCO)CCO)oc12. The van der Waals surface area contributed by atoms with Crippen molar-refractivity contribution >= 4 is 16.9 Å². The second-order valence-electron chi connectivity index (χ2n) is 5.20. The number of aliphatic hydroxyl groups excluding tert-OH is 2. The van der Waals surface area contributed by atoms with Crippen LogP contribution >= 0.6 is 0 Å². The molecule has 0 spiro atoms. The van der Waals surface area contributed by atoms with E-state index in [1.165, 1.54) is 4.90 Å². The summed E-state index contributed by atoms with van der Waals surface area (Å²) in [4.78, 5) is 13.9. The smallest absolute Gasteiger partial charge is 0.290 e. The maximum absolute atomic E-state index is 12.5.